The number of rotatable bonds is 10. The van der Waals surface area contributed by atoms with Crippen molar-refractivity contribution in [1.29, 1.82) is 0 Å². The van der Waals surface area contributed by atoms with Crippen molar-refractivity contribution in [2.75, 3.05) is 0 Å². The Labute approximate surface area is 107 Å². The molecule has 1 unspecified atom stereocenters. The first kappa shape index (κ1) is 16.4. The number of carbonyl (C=O) groups excluding carboxylic acids is 4. The third-order valence-electron chi connectivity index (χ3n) is 2.77. The first-order valence-electron chi connectivity index (χ1n) is 6.07. The Kier molecular flexibility index (Phi) is 8.62. The van der Waals surface area contributed by atoms with Crippen LogP contribution in [-0.4, -0.2) is 24.1 Å². The van der Waals surface area contributed by atoms with Crippen LogP contribution in [0.15, 0.2) is 11.6 Å². The molecule has 1 atom stereocenters. The summed E-state index contributed by atoms with van der Waals surface area (Å²) in [7, 11) is 0. The van der Waals surface area contributed by atoms with E-state index < -0.39 is 11.6 Å². The fraction of sp³-hybridized carbons (Fsp3) is 0.571. The molecule has 0 aromatic rings. The van der Waals surface area contributed by atoms with Crippen LogP contribution in [0.2, 0.25) is 0 Å². The molecule has 0 aliphatic rings. The quantitative estimate of drug-likeness (QED) is 0.339. The topological polar surface area (TPSA) is 68.3 Å². The number of aldehydes is 2. The maximum atomic E-state index is 11.3. The zero-order valence-electron chi connectivity index (χ0n) is 11.0. The Bertz CT molecular complexity index is 342. The predicted octanol–water partition coefficient (Wildman–Crippen LogP) is 2.06. The number of Topliss-reactive ketones (excluding diaryl/α,β-unsaturated/α-hetero) is 2. The molecule has 0 bridgehead atoms. The fourth-order valence-corrected chi connectivity index (χ4v) is 1.63. The normalized spacial score (nSPS) is 12.9. The number of hydrogen-bond donors (Lipinski definition) is 0. The van der Waals surface area contributed by atoms with Crippen molar-refractivity contribution in [2.45, 2.75) is 46.0 Å². The summed E-state index contributed by atoms with van der Waals surface area (Å²) in [6.45, 7) is 3.11. The van der Waals surface area contributed by atoms with Gasteiger partial charge in [0, 0.05) is 26.2 Å². The second kappa shape index (κ2) is 9.45. The molecule has 0 amide bonds. The van der Waals surface area contributed by atoms with E-state index in [-0.39, 0.29) is 12.3 Å². The first-order valence-corrected chi connectivity index (χ1v) is 6.07. The summed E-state index contributed by atoms with van der Waals surface area (Å²) >= 11 is 0. The van der Waals surface area contributed by atoms with Gasteiger partial charge in [-0.3, -0.25) is 9.59 Å². The Morgan fingerprint density at radius 2 is 1.78 bits per heavy atom. The summed E-state index contributed by atoms with van der Waals surface area (Å²) in [5.74, 6) is -0.965. The zero-order chi connectivity index (χ0) is 14.0. The zero-order valence-corrected chi connectivity index (χ0v) is 11.0. The highest BCUT2D eigenvalue weighted by molar-refractivity contribution is 6.36. The van der Waals surface area contributed by atoms with Crippen molar-refractivity contribution in [3.8, 4) is 0 Å². The molecule has 0 heterocycles. The monoisotopic (exact) mass is 252 g/mol. The van der Waals surface area contributed by atoms with Gasteiger partial charge in [-0.25, -0.2) is 0 Å². The lowest BCUT2D eigenvalue weighted by molar-refractivity contribution is -0.136. The number of hydrogen-bond acceptors (Lipinski definition) is 4. The standard InChI is InChI=1S/C14H20O4/c1-11(6-8-15)4-3-5-13(7-9-16)10-14(18)12(2)17/h4,8-9,13H,3,5-7,10H2,1-2H3. The van der Waals surface area contributed by atoms with E-state index >= 15 is 0 Å². The van der Waals surface area contributed by atoms with Crippen molar-refractivity contribution in [2.24, 2.45) is 5.92 Å². The molecule has 4 nitrogen and oxygen atoms in total. The summed E-state index contributed by atoms with van der Waals surface area (Å²) in [5.41, 5.74) is 0.979. The Hall–Kier alpha value is -1.58. The van der Waals surface area contributed by atoms with Crippen molar-refractivity contribution in [3.05, 3.63) is 11.6 Å². The molecule has 0 aliphatic carbocycles. The molecule has 0 rings (SSSR count). The summed E-state index contributed by atoms with van der Waals surface area (Å²) in [6, 6.07) is 0. The van der Waals surface area contributed by atoms with Crippen molar-refractivity contribution >= 4 is 24.1 Å². The van der Waals surface area contributed by atoms with Gasteiger partial charge in [0.25, 0.3) is 0 Å². The highest BCUT2D eigenvalue weighted by atomic mass is 16.2. The molecule has 0 N–H and O–H groups in total. The fourth-order valence-electron chi connectivity index (χ4n) is 1.63. The molecule has 100 valence electrons. The van der Waals surface area contributed by atoms with Gasteiger partial charge < -0.3 is 9.59 Å². The van der Waals surface area contributed by atoms with Crippen molar-refractivity contribution in [3.63, 3.8) is 0 Å². The van der Waals surface area contributed by atoms with E-state index in [0.717, 1.165) is 18.1 Å². The Morgan fingerprint density at radius 3 is 2.28 bits per heavy atom. The third-order valence-corrected chi connectivity index (χ3v) is 2.77. The molecule has 0 spiro atoms. The van der Waals surface area contributed by atoms with Gasteiger partial charge in [-0.15, -0.1) is 0 Å². The largest absolute Gasteiger partial charge is 0.303 e. The van der Waals surface area contributed by atoms with Gasteiger partial charge in [0.15, 0.2) is 11.6 Å². The molecule has 4 heteroatoms. The first-order chi connectivity index (χ1) is 8.51. The Balaban J connectivity index is 4.23. The summed E-state index contributed by atoms with van der Waals surface area (Å²) < 4.78 is 0. The van der Waals surface area contributed by atoms with Gasteiger partial charge in [-0.05, 0) is 25.7 Å². The summed E-state index contributed by atoms with van der Waals surface area (Å²) in [4.78, 5) is 42.9. The average Bonchev–Trinajstić information content (AvgIpc) is 2.29. The van der Waals surface area contributed by atoms with Crippen LogP contribution in [-0.2, 0) is 19.2 Å². The SMILES string of the molecule is CC(=O)C(=O)CC(CC=O)CCC=C(C)CC=O. The van der Waals surface area contributed by atoms with E-state index in [4.69, 9.17) is 0 Å². The van der Waals surface area contributed by atoms with E-state index in [0.29, 0.717) is 25.7 Å². The molecular formula is C14H20O4. The molecule has 0 saturated heterocycles. The number of ketones is 2. The highest BCUT2D eigenvalue weighted by Crippen LogP contribution is 2.16. The maximum Gasteiger partial charge on any atom is 0.198 e. The van der Waals surface area contributed by atoms with Crippen LogP contribution in [0.1, 0.15) is 46.0 Å². The predicted molar refractivity (Wildman–Crippen MR) is 68.1 cm³/mol. The van der Waals surface area contributed by atoms with E-state index in [1.54, 1.807) is 0 Å². The van der Waals surface area contributed by atoms with Crippen LogP contribution in [0, 0.1) is 5.92 Å². The molecular weight excluding hydrogens is 232 g/mol. The van der Waals surface area contributed by atoms with Gasteiger partial charge >= 0.3 is 0 Å². The van der Waals surface area contributed by atoms with Crippen LogP contribution in [0.25, 0.3) is 0 Å². The van der Waals surface area contributed by atoms with Gasteiger partial charge in [0.2, 0.25) is 0 Å². The minimum atomic E-state index is -0.460. The van der Waals surface area contributed by atoms with Gasteiger partial charge in [0.1, 0.15) is 12.6 Å². The molecule has 0 radical (unpaired) electrons. The van der Waals surface area contributed by atoms with Gasteiger partial charge in [-0.2, -0.15) is 0 Å². The maximum absolute atomic E-state index is 11.3. The molecule has 0 saturated carbocycles. The van der Waals surface area contributed by atoms with Crippen LogP contribution in [0.3, 0.4) is 0 Å². The van der Waals surface area contributed by atoms with E-state index in [1.807, 2.05) is 13.0 Å². The number of allylic oxidation sites excluding steroid dienone is 2. The Morgan fingerprint density at radius 1 is 1.11 bits per heavy atom. The summed E-state index contributed by atoms with van der Waals surface area (Å²) in [6.07, 6.45) is 5.77. The molecule has 0 aliphatic heterocycles. The molecule has 0 aromatic carbocycles. The van der Waals surface area contributed by atoms with Crippen LogP contribution in [0.4, 0.5) is 0 Å². The lowest BCUT2D eigenvalue weighted by Crippen LogP contribution is -2.15. The molecule has 0 aromatic heterocycles. The minimum absolute atomic E-state index is 0.0841. The second-order valence-corrected chi connectivity index (χ2v) is 4.45. The van der Waals surface area contributed by atoms with Gasteiger partial charge in [0.05, 0.1) is 0 Å². The second-order valence-electron chi connectivity index (χ2n) is 4.45. The van der Waals surface area contributed by atoms with Gasteiger partial charge in [-0.1, -0.05) is 11.6 Å². The highest BCUT2D eigenvalue weighted by Gasteiger charge is 2.16. The molecule has 0 fully saturated rings. The van der Waals surface area contributed by atoms with Crippen molar-refractivity contribution in [1.82, 2.24) is 0 Å². The lowest BCUT2D eigenvalue weighted by atomic mass is 9.92. The lowest BCUT2D eigenvalue weighted by Gasteiger charge is -2.11. The average molecular weight is 252 g/mol. The van der Waals surface area contributed by atoms with E-state index in [2.05, 4.69) is 0 Å². The third kappa shape index (κ3) is 7.65. The summed E-state index contributed by atoms with van der Waals surface area (Å²) in [5, 5.41) is 0. The molecule has 18 heavy (non-hydrogen) atoms. The van der Waals surface area contributed by atoms with E-state index in [9.17, 15) is 19.2 Å². The van der Waals surface area contributed by atoms with Crippen LogP contribution in [0.5, 0.6) is 0 Å². The van der Waals surface area contributed by atoms with Crippen LogP contribution < -0.4 is 0 Å². The smallest absolute Gasteiger partial charge is 0.198 e. The minimum Gasteiger partial charge on any atom is -0.303 e. The number of carbonyl (C=O) groups is 4. The van der Waals surface area contributed by atoms with Crippen LogP contribution >= 0.6 is 0 Å². The van der Waals surface area contributed by atoms with E-state index in [1.165, 1.54) is 6.92 Å². The van der Waals surface area contributed by atoms with Crippen molar-refractivity contribution < 1.29 is 19.2 Å².